The quantitative estimate of drug-likeness (QED) is 0.731. The molecule has 0 amide bonds. The fraction of sp³-hybridized carbons (Fsp3) is 0.667. The summed E-state index contributed by atoms with van der Waals surface area (Å²) in [5.74, 6) is 1.74. The van der Waals surface area contributed by atoms with Gasteiger partial charge in [-0.05, 0) is 43.4 Å². The van der Waals surface area contributed by atoms with Crippen LogP contribution in [0.25, 0.3) is 0 Å². The van der Waals surface area contributed by atoms with Gasteiger partial charge in [-0.25, -0.2) is 0 Å². The monoisotopic (exact) mass is 353 g/mol. The van der Waals surface area contributed by atoms with E-state index >= 15 is 0 Å². The molecule has 21 heavy (non-hydrogen) atoms. The molecule has 1 aliphatic carbocycles. The summed E-state index contributed by atoms with van der Waals surface area (Å²) in [4.78, 5) is 0. The first-order chi connectivity index (χ1) is 10.0. The summed E-state index contributed by atoms with van der Waals surface area (Å²) >= 11 is 3.66. The number of benzene rings is 1. The Labute approximate surface area is 137 Å². The van der Waals surface area contributed by atoms with Crippen LogP contribution in [-0.2, 0) is 0 Å². The van der Waals surface area contributed by atoms with Gasteiger partial charge in [0.1, 0.15) is 5.75 Å². The lowest BCUT2D eigenvalue weighted by molar-refractivity contribution is 0.371. The molecule has 0 bridgehead atoms. The van der Waals surface area contributed by atoms with E-state index in [1.54, 1.807) is 7.11 Å². The maximum atomic E-state index is 6.59. The van der Waals surface area contributed by atoms with Crippen molar-refractivity contribution < 1.29 is 4.74 Å². The van der Waals surface area contributed by atoms with E-state index in [0.717, 1.165) is 28.1 Å². The Bertz CT molecular complexity index is 479. The molecular formula is C18H28BrNO. The fourth-order valence-electron chi connectivity index (χ4n) is 3.67. The van der Waals surface area contributed by atoms with E-state index in [4.69, 9.17) is 10.5 Å². The molecule has 1 saturated carbocycles. The van der Waals surface area contributed by atoms with E-state index < -0.39 is 0 Å². The zero-order valence-corrected chi connectivity index (χ0v) is 15.1. The molecule has 118 valence electrons. The third-order valence-corrected chi connectivity index (χ3v) is 5.67. The van der Waals surface area contributed by atoms with Crippen LogP contribution in [0, 0.1) is 19.8 Å². The number of hydrogen-bond acceptors (Lipinski definition) is 2. The van der Waals surface area contributed by atoms with Gasteiger partial charge in [-0.1, -0.05) is 54.5 Å². The summed E-state index contributed by atoms with van der Waals surface area (Å²) < 4.78 is 6.78. The Kier molecular flexibility index (Phi) is 6.12. The number of ether oxygens (including phenoxy) is 1. The molecule has 1 unspecified atom stereocenters. The van der Waals surface area contributed by atoms with Gasteiger partial charge < -0.3 is 10.5 Å². The maximum Gasteiger partial charge on any atom is 0.126 e. The van der Waals surface area contributed by atoms with Gasteiger partial charge in [0.2, 0.25) is 0 Å². The highest BCUT2D eigenvalue weighted by atomic mass is 79.9. The van der Waals surface area contributed by atoms with E-state index in [1.165, 1.54) is 49.7 Å². The van der Waals surface area contributed by atoms with Crippen LogP contribution in [-0.4, -0.2) is 7.11 Å². The lowest BCUT2D eigenvalue weighted by atomic mass is 9.87. The largest absolute Gasteiger partial charge is 0.496 e. The molecule has 1 aromatic carbocycles. The molecule has 0 aliphatic heterocycles. The normalized spacial score (nSPS) is 18.3. The van der Waals surface area contributed by atoms with Crippen LogP contribution >= 0.6 is 15.9 Å². The molecule has 3 heteroatoms. The molecule has 1 aromatic rings. The number of halogens is 1. The number of aryl methyl sites for hydroxylation is 1. The van der Waals surface area contributed by atoms with E-state index in [1.807, 2.05) is 0 Å². The molecule has 2 rings (SSSR count). The lowest BCUT2D eigenvalue weighted by Gasteiger charge is -2.24. The van der Waals surface area contributed by atoms with Crippen molar-refractivity contribution in [2.45, 2.75) is 64.8 Å². The Hall–Kier alpha value is -0.540. The molecule has 0 radical (unpaired) electrons. The van der Waals surface area contributed by atoms with Crippen molar-refractivity contribution >= 4 is 15.9 Å². The van der Waals surface area contributed by atoms with Crippen LogP contribution in [0.5, 0.6) is 5.75 Å². The van der Waals surface area contributed by atoms with Gasteiger partial charge in [0, 0.05) is 16.1 Å². The molecule has 0 saturated heterocycles. The molecule has 0 spiro atoms. The Morgan fingerprint density at radius 3 is 2.43 bits per heavy atom. The molecule has 0 heterocycles. The van der Waals surface area contributed by atoms with Gasteiger partial charge in [0.05, 0.1) is 7.11 Å². The number of nitrogens with two attached hydrogens (primary N) is 1. The molecule has 0 aromatic heterocycles. The predicted molar refractivity (Wildman–Crippen MR) is 92.9 cm³/mol. The molecule has 2 nitrogen and oxygen atoms in total. The van der Waals surface area contributed by atoms with Crippen LogP contribution in [0.1, 0.15) is 67.7 Å². The first kappa shape index (κ1) is 16.8. The van der Waals surface area contributed by atoms with Crippen molar-refractivity contribution in [1.29, 1.82) is 0 Å². The lowest BCUT2D eigenvalue weighted by Crippen LogP contribution is -2.18. The highest BCUT2D eigenvalue weighted by molar-refractivity contribution is 9.10. The topological polar surface area (TPSA) is 35.2 Å². The van der Waals surface area contributed by atoms with Crippen molar-refractivity contribution in [2.75, 3.05) is 7.11 Å². The second kappa shape index (κ2) is 7.64. The van der Waals surface area contributed by atoms with Gasteiger partial charge in [0.15, 0.2) is 0 Å². The zero-order valence-electron chi connectivity index (χ0n) is 13.5. The second-order valence-electron chi connectivity index (χ2n) is 6.45. The third-order valence-electron chi connectivity index (χ3n) is 4.85. The standard InChI is InChI=1S/C18H28BrNO/c1-12-10-15(19)13(2)17(18(12)21-3)16(20)11-14-8-6-4-5-7-9-14/h10,14,16H,4-9,11,20H2,1-3H3. The molecule has 1 aliphatic rings. The Morgan fingerprint density at radius 2 is 1.86 bits per heavy atom. The van der Waals surface area contributed by atoms with E-state index in [9.17, 15) is 0 Å². The van der Waals surface area contributed by atoms with E-state index in [2.05, 4.69) is 35.8 Å². The van der Waals surface area contributed by atoms with Crippen molar-refractivity contribution in [1.82, 2.24) is 0 Å². The van der Waals surface area contributed by atoms with Crippen molar-refractivity contribution in [2.24, 2.45) is 11.7 Å². The van der Waals surface area contributed by atoms with Crippen molar-refractivity contribution in [3.8, 4) is 5.75 Å². The first-order valence-corrected chi connectivity index (χ1v) is 8.93. The van der Waals surface area contributed by atoms with Crippen LogP contribution in [0.4, 0.5) is 0 Å². The minimum Gasteiger partial charge on any atom is -0.496 e. The maximum absolute atomic E-state index is 6.59. The smallest absolute Gasteiger partial charge is 0.126 e. The van der Waals surface area contributed by atoms with Crippen LogP contribution in [0.3, 0.4) is 0 Å². The minimum atomic E-state index is 0.0687. The average Bonchev–Trinajstić information content (AvgIpc) is 2.70. The highest BCUT2D eigenvalue weighted by Gasteiger charge is 2.23. The molecular weight excluding hydrogens is 326 g/mol. The van der Waals surface area contributed by atoms with Crippen molar-refractivity contribution in [3.63, 3.8) is 0 Å². The Morgan fingerprint density at radius 1 is 1.24 bits per heavy atom. The average molecular weight is 354 g/mol. The summed E-state index contributed by atoms with van der Waals surface area (Å²) in [7, 11) is 1.75. The van der Waals surface area contributed by atoms with Gasteiger partial charge in [-0.2, -0.15) is 0 Å². The van der Waals surface area contributed by atoms with E-state index in [-0.39, 0.29) is 6.04 Å². The van der Waals surface area contributed by atoms with E-state index in [0.29, 0.717) is 0 Å². The van der Waals surface area contributed by atoms with Crippen LogP contribution in [0.2, 0.25) is 0 Å². The summed E-state index contributed by atoms with van der Waals surface area (Å²) in [6, 6.07) is 2.19. The van der Waals surface area contributed by atoms with Gasteiger partial charge in [-0.3, -0.25) is 0 Å². The number of rotatable bonds is 4. The van der Waals surface area contributed by atoms with Crippen molar-refractivity contribution in [3.05, 3.63) is 27.2 Å². The zero-order chi connectivity index (χ0) is 15.4. The van der Waals surface area contributed by atoms with Gasteiger partial charge >= 0.3 is 0 Å². The second-order valence-corrected chi connectivity index (χ2v) is 7.30. The number of hydrogen-bond donors (Lipinski definition) is 1. The highest BCUT2D eigenvalue weighted by Crippen LogP contribution is 2.39. The predicted octanol–water partition coefficient (Wildman–Crippen LogP) is 5.43. The molecule has 1 atom stereocenters. The van der Waals surface area contributed by atoms with Crippen LogP contribution < -0.4 is 10.5 Å². The summed E-state index contributed by atoms with van der Waals surface area (Å²) in [5, 5.41) is 0. The first-order valence-electron chi connectivity index (χ1n) is 8.13. The van der Waals surface area contributed by atoms with Gasteiger partial charge in [0.25, 0.3) is 0 Å². The third kappa shape index (κ3) is 4.01. The summed E-state index contributed by atoms with van der Waals surface area (Å²) in [5.41, 5.74) is 10.2. The molecule has 2 N–H and O–H groups in total. The SMILES string of the molecule is COc1c(C)cc(Br)c(C)c1C(N)CC1CCCCCC1. The van der Waals surface area contributed by atoms with Gasteiger partial charge in [-0.15, -0.1) is 0 Å². The summed E-state index contributed by atoms with van der Waals surface area (Å²) in [6.07, 6.45) is 9.27. The molecule has 1 fully saturated rings. The number of methoxy groups -OCH3 is 1. The fourth-order valence-corrected chi connectivity index (χ4v) is 4.23. The van der Waals surface area contributed by atoms with Crippen LogP contribution in [0.15, 0.2) is 10.5 Å². The Balaban J connectivity index is 2.23. The summed E-state index contributed by atoms with van der Waals surface area (Å²) in [6.45, 7) is 4.22. The minimum absolute atomic E-state index is 0.0687.